The highest BCUT2D eigenvalue weighted by Gasteiger charge is 2.43. The summed E-state index contributed by atoms with van der Waals surface area (Å²) in [6, 6.07) is 5.31. The molecule has 4 rings (SSSR count). The van der Waals surface area contributed by atoms with E-state index in [1.807, 2.05) is 25.8 Å². The lowest BCUT2D eigenvalue weighted by atomic mass is 10.1. The van der Waals surface area contributed by atoms with Gasteiger partial charge < -0.3 is 15.5 Å². The second-order valence-corrected chi connectivity index (χ2v) is 8.63. The van der Waals surface area contributed by atoms with Crippen molar-refractivity contribution in [2.45, 2.75) is 39.0 Å². The predicted octanol–water partition coefficient (Wildman–Crippen LogP) is 0.860. The van der Waals surface area contributed by atoms with E-state index in [0.717, 1.165) is 30.5 Å². The molecule has 2 aromatic rings. The molecule has 31 heavy (non-hydrogen) atoms. The number of fused-ring (bicyclic) bond motifs is 1. The minimum atomic E-state index is -0.410. The summed E-state index contributed by atoms with van der Waals surface area (Å²) in [5, 5.41) is 0. The Kier molecular flexibility index (Phi) is 5.72. The van der Waals surface area contributed by atoms with E-state index in [4.69, 9.17) is 5.73 Å². The number of likely N-dealkylation sites (tertiary alicyclic amines) is 1. The molecule has 166 valence electrons. The van der Waals surface area contributed by atoms with Crippen molar-refractivity contribution in [3.05, 3.63) is 56.9 Å². The Morgan fingerprint density at radius 2 is 2.03 bits per heavy atom. The zero-order valence-electron chi connectivity index (χ0n) is 18.7. The lowest BCUT2D eigenvalue weighted by molar-refractivity contribution is 0.149. The number of hydrogen-bond donors (Lipinski definition) is 1. The van der Waals surface area contributed by atoms with Crippen LogP contribution >= 0.6 is 0 Å². The van der Waals surface area contributed by atoms with Gasteiger partial charge in [0.15, 0.2) is 6.29 Å². The number of rotatable bonds is 4. The van der Waals surface area contributed by atoms with Crippen LogP contribution in [0, 0.1) is 0 Å². The number of nitrogens with two attached hydrogens (primary N) is 1. The SMILES string of the molecule is CC(C)=CCN1c2c(n(C)c(=O)n(-c3ccccn3)c2=O)N(C)C1N1CCCC(N)C1. The molecule has 2 unspecified atom stereocenters. The maximum atomic E-state index is 13.7. The molecule has 2 N–H and O–H groups in total. The summed E-state index contributed by atoms with van der Waals surface area (Å²) < 4.78 is 2.71. The Morgan fingerprint density at radius 1 is 1.26 bits per heavy atom. The normalized spacial score (nSPS) is 21.3. The second-order valence-electron chi connectivity index (χ2n) is 8.63. The lowest BCUT2D eigenvalue weighted by Crippen LogP contribution is -2.59. The van der Waals surface area contributed by atoms with Gasteiger partial charge in [-0.3, -0.25) is 14.3 Å². The van der Waals surface area contributed by atoms with E-state index < -0.39 is 5.69 Å². The molecule has 2 aliphatic rings. The van der Waals surface area contributed by atoms with E-state index >= 15 is 0 Å². The average Bonchev–Trinajstić information content (AvgIpc) is 3.04. The molecule has 0 aromatic carbocycles. The van der Waals surface area contributed by atoms with Crippen molar-refractivity contribution in [2.75, 3.05) is 36.5 Å². The molecule has 4 heterocycles. The third kappa shape index (κ3) is 3.68. The molecule has 2 aliphatic heterocycles. The van der Waals surface area contributed by atoms with Gasteiger partial charge in [-0.1, -0.05) is 17.7 Å². The Bertz CT molecular complexity index is 1100. The highest BCUT2D eigenvalue weighted by molar-refractivity contribution is 5.73. The molecule has 2 aromatic heterocycles. The second kappa shape index (κ2) is 8.32. The number of nitrogens with zero attached hydrogens (tertiary/aromatic N) is 6. The van der Waals surface area contributed by atoms with Gasteiger partial charge in [0.2, 0.25) is 0 Å². The molecule has 0 bridgehead atoms. The summed E-state index contributed by atoms with van der Waals surface area (Å²) in [6.07, 6.45) is 5.51. The lowest BCUT2D eigenvalue weighted by Gasteiger charge is -2.42. The smallest absolute Gasteiger partial charge is 0.327 e. The molecule has 0 radical (unpaired) electrons. The summed E-state index contributed by atoms with van der Waals surface area (Å²) in [5.41, 5.74) is 7.19. The third-order valence-corrected chi connectivity index (χ3v) is 6.05. The molecule has 2 atom stereocenters. The monoisotopic (exact) mass is 425 g/mol. The molecule has 0 saturated carbocycles. The van der Waals surface area contributed by atoms with E-state index in [0.29, 0.717) is 23.9 Å². The van der Waals surface area contributed by atoms with Crippen LogP contribution in [0.4, 0.5) is 11.5 Å². The molecule has 0 spiro atoms. The Morgan fingerprint density at radius 3 is 2.68 bits per heavy atom. The summed E-state index contributed by atoms with van der Waals surface area (Å²) >= 11 is 0. The molecule has 0 aliphatic carbocycles. The van der Waals surface area contributed by atoms with Crippen LogP contribution in [0.3, 0.4) is 0 Å². The number of piperidine rings is 1. The quantitative estimate of drug-likeness (QED) is 0.727. The van der Waals surface area contributed by atoms with Gasteiger partial charge in [0.25, 0.3) is 5.56 Å². The van der Waals surface area contributed by atoms with Crippen LogP contribution in [-0.2, 0) is 7.05 Å². The van der Waals surface area contributed by atoms with Crippen LogP contribution in [0.2, 0.25) is 0 Å². The van der Waals surface area contributed by atoms with E-state index in [1.54, 1.807) is 36.0 Å². The van der Waals surface area contributed by atoms with E-state index in [2.05, 4.69) is 20.9 Å². The van der Waals surface area contributed by atoms with Crippen molar-refractivity contribution >= 4 is 11.5 Å². The van der Waals surface area contributed by atoms with Crippen molar-refractivity contribution in [2.24, 2.45) is 12.8 Å². The molecular weight excluding hydrogens is 394 g/mol. The summed E-state index contributed by atoms with van der Waals surface area (Å²) in [7, 11) is 3.65. The fraction of sp³-hybridized carbons (Fsp3) is 0.500. The van der Waals surface area contributed by atoms with Gasteiger partial charge in [-0.2, -0.15) is 0 Å². The summed E-state index contributed by atoms with van der Waals surface area (Å²) in [5.74, 6) is 0.942. The standard InChI is InChI=1S/C22H31N7O2/c1-15(2)10-13-28-18-19(25(3)21(28)27-12-7-8-16(23)14-27)26(4)22(31)29(20(18)30)17-9-5-6-11-24-17/h5-6,9-11,16,21H,7-8,12-14,23H2,1-4H3. The van der Waals surface area contributed by atoms with Crippen molar-refractivity contribution in [3.63, 3.8) is 0 Å². The van der Waals surface area contributed by atoms with Crippen LogP contribution in [0.1, 0.15) is 26.7 Å². The van der Waals surface area contributed by atoms with Gasteiger partial charge in [-0.05, 0) is 38.8 Å². The minimum absolute atomic E-state index is 0.102. The van der Waals surface area contributed by atoms with Gasteiger partial charge in [-0.15, -0.1) is 0 Å². The minimum Gasteiger partial charge on any atom is -0.327 e. The van der Waals surface area contributed by atoms with Crippen LogP contribution < -0.4 is 26.8 Å². The maximum absolute atomic E-state index is 13.7. The average molecular weight is 426 g/mol. The summed E-state index contributed by atoms with van der Waals surface area (Å²) in [4.78, 5) is 37.6. The van der Waals surface area contributed by atoms with E-state index in [-0.39, 0.29) is 17.9 Å². The van der Waals surface area contributed by atoms with Gasteiger partial charge in [-0.25, -0.2) is 14.3 Å². The number of allylic oxidation sites excluding steroid dienone is 1. The molecule has 9 heteroatoms. The number of anilines is 2. The van der Waals surface area contributed by atoms with Gasteiger partial charge in [0.05, 0.1) is 0 Å². The van der Waals surface area contributed by atoms with E-state index in [9.17, 15) is 9.59 Å². The predicted molar refractivity (Wildman–Crippen MR) is 123 cm³/mol. The number of hydrogen-bond acceptors (Lipinski definition) is 7. The summed E-state index contributed by atoms with van der Waals surface area (Å²) in [6.45, 7) is 6.28. The Hall–Kier alpha value is -2.91. The molecule has 1 saturated heterocycles. The topological polar surface area (TPSA) is 92.6 Å². The highest BCUT2D eigenvalue weighted by Crippen LogP contribution is 2.37. The van der Waals surface area contributed by atoms with Crippen LogP contribution in [-0.4, -0.2) is 58.0 Å². The first kappa shape index (κ1) is 21.3. The third-order valence-electron chi connectivity index (χ3n) is 6.05. The van der Waals surface area contributed by atoms with Crippen molar-refractivity contribution in [1.82, 2.24) is 19.0 Å². The fourth-order valence-electron chi connectivity index (χ4n) is 4.62. The molecule has 0 amide bonds. The molecular formula is C22H31N7O2. The number of aromatic nitrogens is 3. The largest absolute Gasteiger partial charge is 0.338 e. The zero-order valence-corrected chi connectivity index (χ0v) is 18.7. The Labute approximate surface area is 182 Å². The number of pyridine rings is 1. The van der Waals surface area contributed by atoms with E-state index in [1.165, 1.54) is 5.57 Å². The molecule has 1 fully saturated rings. The highest BCUT2D eigenvalue weighted by atomic mass is 16.2. The van der Waals surface area contributed by atoms with Gasteiger partial charge in [0, 0.05) is 46.0 Å². The van der Waals surface area contributed by atoms with Crippen LogP contribution in [0.25, 0.3) is 5.82 Å². The van der Waals surface area contributed by atoms with Crippen molar-refractivity contribution < 1.29 is 0 Å². The molecule has 9 nitrogen and oxygen atoms in total. The van der Waals surface area contributed by atoms with Gasteiger partial charge >= 0.3 is 5.69 Å². The Balaban J connectivity index is 1.91. The van der Waals surface area contributed by atoms with Crippen molar-refractivity contribution in [3.8, 4) is 5.82 Å². The first-order chi connectivity index (χ1) is 14.8. The van der Waals surface area contributed by atoms with Crippen LogP contribution in [0.15, 0.2) is 45.6 Å². The van der Waals surface area contributed by atoms with Gasteiger partial charge in [0.1, 0.15) is 17.3 Å². The first-order valence-corrected chi connectivity index (χ1v) is 10.7. The van der Waals surface area contributed by atoms with Crippen molar-refractivity contribution in [1.29, 1.82) is 0 Å². The van der Waals surface area contributed by atoms with Crippen LogP contribution in [0.5, 0.6) is 0 Å². The fourth-order valence-corrected chi connectivity index (χ4v) is 4.62. The first-order valence-electron chi connectivity index (χ1n) is 10.7. The zero-order chi connectivity index (χ0) is 22.3. The maximum Gasteiger partial charge on any atom is 0.338 e.